The van der Waals surface area contributed by atoms with Crippen LogP contribution in [0.2, 0.25) is 0 Å². The molecule has 0 amide bonds. The van der Waals surface area contributed by atoms with Crippen LogP contribution in [0, 0.1) is 0 Å². The van der Waals surface area contributed by atoms with Gasteiger partial charge in [-0.3, -0.25) is 4.79 Å². The standard InChI is InChI=1S/C4H5ClOS2/c5-3-4(6)8-2-1-7-3/h3H,1-2H2/t3-/m0/s1. The average Bonchev–Trinajstić information content (AvgIpc) is 1.77. The molecule has 1 aliphatic rings. The third-order valence-electron chi connectivity index (χ3n) is 0.777. The van der Waals surface area contributed by atoms with Gasteiger partial charge in [-0.25, -0.2) is 0 Å². The predicted octanol–water partition coefficient (Wildman–Crippen LogP) is 1.56. The van der Waals surface area contributed by atoms with Crippen LogP contribution in [0.1, 0.15) is 0 Å². The maximum Gasteiger partial charge on any atom is 0.216 e. The second-order valence-corrected chi connectivity index (χ2v) is 4.36. The van der Waals surface area contributed by atoms with Crippen molar-refractivity contribution in [2.24, 2.45) is 0 Å². The van der Waals surface area contributed by atoms with Crippen molar-refractivity contribution in [2.45, 2.75) is 4.71 Å². The minimum absolute atomic E-state index is 0.114. The van der Waals surface area contributed by atoms with E-state index in [1.165, 1.54) is 23.5 Å². The van der Waals surface area contributed by atoms with E-state index in [0.29, 0.717) is 0 Å². The molecule has 0 unspecified atom stereocenters. The lowest BCUT2D eigenvalue weighted by molar-refractivity contribution is -0.109. The zero-order valence-electron chi connectivity index (χ0n) is 4.09. The number of carbonyl (C=O) groups is 1. The first kappa shape index (κ1) is 6.78. The van der Waals surface area contributed by atoms with Crippen LogP contribution in [0.25, 0.3) is 0 Å². The molecule has 8 heavy (non-hydrogen) atoms. The highest BCUT2D eigenvalue weighted by atomic mass is 35.5. The third-order valence-corrected chi connectivity index (χ3v) is 3.77. The van der Waals surface area contributed by atoms with Gasteiger partial charge < -0.3 is 0 Å². The molecule has 0 N–H and O–H groups in total. The van der Waals surface area contributed by atoms with Gasteiger partial charge in [0.25, 0.3) is 0 Å². The van der Waals surface area contributed by atoms with Crippen molar-refractivity contribution in [3.8, 4) is 0 Å². The van der Waals surface area contributed by atoms with Gasteiger partial charge in [0, 0.05) is 11.5 Å². The fraction of sp³-hybridized carbons (Fsp3) is 0.750. The Morgan fingerprint density at radius 3 is 2.75 bits per heavy atom. The number of halogens is 1. The van der Waals surface area contributed by atoms with Gasteiger partial charge in [-0.15, -0.1) is 23.4 Å². The van der Waals surface area contributed by atoms with Crippen LogP contribution >= 0.6 is 35.1 Å². The molecule has 0 radical (unpaired) electrons. The van der Waals surface area contributed by atoms with E-state index in [2.05, 4.69) is 0 Å². The van der Waals surface area contributed by atoms with E-state index < -0.39 is 0 Å². The molecule has 0 saturated carbocycles. The maximum absolute atomic E-state index is 10.6. The van der Waals surface area contributed by atoms with Crippen LogP contribution in [-0.2, 0) is 4.79 Å². The molecule has 0 aromatic heterocycles. The Bertz CT molecular complexity index is 106. The summed E-state index contributed by atoms with van der Waals surface area (Å²) < 4.78 is -0.284. The zero-order valence-corrected chi connectivity index (χ0v) is 6.48. The molecule has 0 spiro atoms. The van der Waals surface area contributed by atoms with Crippen LogP contribution < -0.4 is 0 Å². The van der Waals surface area contributed by atoms with Crippen molar-refractivity contribution >= 4 is 40.2 Å². The first-order valence-electron chi connectivity index (χ1n) is 2.23. The molecule has 1 heterocycles. The Morgan fingerprint density at radius 1 is 1.62 bits per heavy atom. The van der Waals surface area contributed by atoms with E-state index in [0.717, 1.165) is 11.5 Å². The molecule has 1 rings (SSSR count). The van der Waals surface area contributed by atoms with Crippen LogP contribution in [0.3, 0.4) is 0 Å². The second kappa shape index (κ2) is 2.99. The molecular weight excluding hydrogens is 164 g/mol. The molecule has 46 valence electrons. The molecule has 0 aromatic rings. The van der Waals surface area contributed by atoms with Crippen LogP contribution in [-0.4, -0.2) is 21.3 Å². The highest BCUT2D eigenvalue weighted by Gasteiger charge is 2.19. The van der Waals surface area contributed by atoms with Crippen LogP contribution in [0.4, 0.5) is 0 Å². The Balaban J connectivity index is 2.39. The number of hydrogen-bond donors (Lipinski definition) is 0. The number of carbonyl (C=O) groups excluding carboxylic acids is 1. The van der Waals surface area contributed by atoms with Crippen molar-refractivity contribution in [3.63, 3.8) is 0 Å². The first-order chi connectivity index (χ1) is 3.80. The topological polar surface area (TPSA) is 17.1 Å². The summed E-state index contributed by atoms with van der Waals surface area (Å²) >= 11 is 8.42. The number of hydrogen-bond acceptors (Lipinski definition) is 3. The Kier molecular flexibility index (Phi) is 2.53. The summed E-state index contributed by atoms with van der Waals surface area (Å²) in [7, 11) is 0. The van der Waals surface area contributed by atoms with Crippen molar-refractivity contribution < 1.29 is 4.79 Å². The van der Waals surface area contributed by atoms with Gasteiger partial charge in [-0.2, -0.15) is 0 Å². The van der Waals surface area contributed by atoms with Gasteiger partial charge in [-0.1, -0.05) is 11.8 Å². The fourth-order valence-electron chi connectivity index (χ4n) is 0.427. The van der Waals surface area contributed by atoms with E-state index in [1.807, 2.05) is 0 Å². The van der Waals surface area contributed by atoms with Crippen molar-refractivity contribution in [2.75, 3.05) is 11.5 Å². The minimum Gasteiger partial charge on any atom is -0.285 e. The van der Waals surface area contributed by atoms with E-state index in [1.54, 1.807) is 0 Å². The summed E-state index contributed by atoms with van der Waals surface area (Å²) in [5, 5.41) is 0.114. The van der Waals surface area contributed by atoms with E-state index >= 15 is 0 Å². The smallest absolute Gasteiger partial charge is 0.216 e. The first-order valence-corrected chi connectivity index (χ1v) is 4.70. The molecule has 4 heteroatoms. The normalized spacial score (nSPS) is 30.6. The monoisotopic (exact) mass is 168 g/mol. The number of rotatable bonds is 0. The zero-order chi connectivity index (χ0) is 5.98. The Morgan fingerprint density at radius 2 is 2.38 bits per heavy atom. The van der Waals surface area contributed by atoms with Gasteiger partial charge in [-0.05, 0) is 0 Å². The van der Waals surface area contributed by atoms with E-state index in [-0.39, 0.29) is 9.82 Å². The second-order valence-electron chi connectivity index (χ2n) is 1.35. The van der Waals surface area contributed by atoms with Gasteiger partial charge in [0.15, 0.2) is 0 Å². The van der Waals surface area contributed by atoms with E-state index in [9.17, 15) is 4.79 Å². The summed E-state index contributed by atoms with van der Waals surface area (Å²) in [6, 6.07) is 0. The van der Waals surface area contributed by atoms with Crippen LogP contribution in [0.15, 0.2) is 0 Å². The molecule has 0 bridgehead atoms. The van der Waals surface area contributed by atoms with Crippen molar-refractivity contribution in [1.29, 1.82) is 0 Å². The largest absolute Gasteiger partial charge is 0.285 e. The lowest BCUT2D eigenvalue weighted by Crippen LogP contribution is -2.13. The van der Waals surface area contributed by atoms with Crippen molar-refractivity contribution in [3.05, 3.63) is 0 Å². The SMILES string of the molecule is O=C1SCCS[C@@H]1Cl. The third kappa shape index (κ3) is 1.57. The Hall–Kier alpha value is 0.660. The number of thioether (sulfide) groups is 2. The molecule has 1 atom stereocenters. The lowest BCUT2D eigenvalue weighted by atomic mass is 10.9. The molecule has 0 aliphatic carbocycles. The minimum atomic E-state index is -0.284. The van der Waals surface area contributed by atoms with Gasteiger partial charge in [0.05, 0.1) is 0 Å². The van der Waals surface area contributed by atoms with Crippen LogP contribution in [0.5, 0.6) is 0 Å². The molecule has 1 saturated heterocycles. The summed E-state index contributed by atoms with van der Waals surface area (Å²) in [5.74, 6) is 1.93. The number of alkyl halides is 1. The van der Waals surface area contributed by atoms with Gasteiger partial charge in [0.2, 0.25) is 5.12 Å². The maximum atomic E-state index is 10.6. The summed E-state index contributed by atoms with van der Waals surface area (Å²) in [6.45, 7) is 0. The summed E-state index contributed by atoms with van der Waals surface area (Å²) in [5.41, 5.74) is 0. The Labute approximate surface area is 61.5 Å². The quantitative estimate of drug-likeness (QED) is 0.511. The predicted molar refractivity (Wildman–Crippen MR) is 39.6 cm³/mol. The highest BCUT2D eigenvalue weighted by Crippen LogP contribution is 2.27. The molecule has 1 nitrogen and oxygen atoms in total. The van der Waals surface area contributed by atoms with Gasteiger partial charge >= 0.3 is 0 Å². The van der Waals surface area contributed by atoms with E-state index in [4.69, 9.17) is 11.6 Å². The molecule has 0 aromatic carbocycles. The van der Waals surface area contributed by atoms with Gasteiger partial charge in [0.1, 0.15) is 4.71 Å². The summed E-state index contributed by atoms with van der Waals surface area (Å²) in [4.78, 5) is 10.6. The highest BCUT2D eigenvalue weighted by molar-refractivity contribution is 8.18. The molecular formula is C4H5ClOS2. The molecule has 1 fully saturated rings. The summed E-state index contributed by atoms with van der Waals surface area (Å²) in [6.07, 6.45) is 0. The fourth-order valence-corrected chi connectivity index (χ4v) is 2.69. The average molecular weight is 169 g/mol. The molecule has 1 aliphatic heterocycles. The lowest BCUT2D eigenvalue weighted by Gasteiger charge is -2.11. The van der Waals surface area contributed by atoms with Crippen molar-refractivity contribution in [1.82, 2.24) is 0 Å².